The van der Waals surface area contributed by atoms with Crippen molar-refractivity contribution < 1.29 is 35.4 Å². The predicted molar refractivity (Wildman–Crippen MR) is 174 cm³/mol. The van der Waals surface area contributed by atoms with E-state index in [1.54, 1.807) is 11.8 Å². The topological polar surface area (TPSA) is 165 Å². The fraction of sp³-hybridized carbons (Fsp3) is 0.833. The summed E-state index contributed by atoms with van der Waals surface area (Å²) in [7, 11) is 0. The Morgan fingerprint density at radius 1 is 1.06 bits per heavy atom. The molecule has 2 saturated carbocycles. The monoisotopic (exact) mass is 656 g/mol. The lowest BCUT2D eigenvalue weighted by molar-refractivity contribution is -0.118. The van der Waals surface area contributed by atoms with Crippen LogP contribution in [0, 0.1) is 35.0 Å². The van der Waals surface area contributed by atoms with Gasteiger partial charge in [0.15, 0.2) is 0 Å². The SMILES string of the molecule is CC1=C2C[C@H]3[C@@H](CC=C4C[C@@H](O)CC[C@@]43C)[C@@H]2CC[C@]12O[C@@H]1C[C@H](C)CN(Cc3cn(C[C@@H](O)[C@@H](O)[C@H](O)[C@H](O)CO)nn3)[C@H]1[C@H]2C. The average Bonchev–Trinajstić information content (AvgIpc) is 3.73. The molecule has 4 aliphatic carbocycles. The highest BCUT2D eigenvalue weighted by Crippen LogP contribution is 2.65. The molecule has 47 heavy (non-hydrogen) atoms. The third-order valence-electron chi connectivity index (χ3n) is 13.7. The van der Waals surface area contributed by atoms with E-state index in [4.69, 9.17) is 9.84 Å². The Morgan fingerprint density at radius 2 is 1.83 bits per heavy atom. The molecule has 262 valence electrons. The summed E-state index contributed by atoms with van der Waals surface area (Å²) in [6, 6.07) is 0.250. The number of allylic oxidation sites excluding steroid dienone is 2. The van der Waals surface area contributed by atoms with Crippen molar-refractivity contribution in [3.63, 3.8) is 0 Å². The van der Waals surface area contributed by atoms with E-state index in [9.17, 15) is 25.5 Å². The van der Waals surface area contributed by atoms with Crippen LogP contribution in [-0.2, 0) is 17.8 Å². The van der Waals surface area contributed by atoms with Gasteiger partial charge in [-0.3, -0.25) is 4.90 Å². The van der Waals surface area contributed by atoms with Crippen LogP contribution in [0.4, 0.5) is 0 Å². The van der Waals surface area contributed by atoms with Gasteiger partial charge in [-0.2, -0.15) is 0 Å². The molecule has 11 heteroatoms. The summed E-state index contributed by atoms with van der Waals surface area (Å²) in [5.41, 5.74) is 5.37. The molecule has 6 aliphatic rings. The van der Waals surface area contributed by atoms with Crippen LogP contribution in [-0.4, -0.2) is 112 Å². The molecule has 0 aromatic carbocycles. The second-order valence-electron chi connectivity index (χ2n) is 16.4. The Balaban J connectivity index is 1.08. The lowest BCUT2D eigenvalue weighted by Crippen LogP contribution is -2.51. The number of piperidine rings is 1. The van der Waals surface area contributed by atoms with Crippen molar-refractivity contribution in [1.29, 1.82) is 0 Å². The van der Waals surface area contributed by atoms with Crippen LogP contribution in [0.3, 0.4) is 0 Å². The molecule has 0 radical (unpaired) electrons. The molecule has 2 aliphatic heterocycles. The first-order chi connectivity index (χ1) is 22.4. The van der Waals surface area contributed by atoms with Gasteiger partial charge in [-0.1, -0.05) is 43.2 Å². The van der Waals surface area contributed by atoms with Gasteiger partial charge in [-0.05, 0) is 93.0 Å². The number of ether oxygens (including phenoxy) is 1. The largest absolute Gasteiger partial charge is 0.394 e. The van der Waals surface area contributed by atoms with Gasteiger partial charge < -0.3 is 35.4 Å². The zero-order chi connectivity index (χ0) is 33.4. The molecule has 0 amide bonds. The van der Waals surface area contributed by atoms with E-state index in [-0.39, 0.29) is 35.8 Å². The molecule has 4 fully saturated rings. The van der Waals surface area contributed by atoms with Crippen molar-refractivity contribution in [2.24, 2.45) is 35.0 Å². The van der Waals surface area contributed by atoms with Crippen LogP contribution >= 0.6 is 0 Å². The molecule has 2 saturated heterocycles. The quantitative estimate of drug-likeness (QED) is 0.228. The van der Waals surface area contributed by atoms with Gasteiger partial charge in [-0.25, -0.2) is 4.68 Å². The zero-order valence-electron chi connectivity index (χ0n) is 28.4. The summed E-state index contributed by atoms with van der Waals surface area (Å²) < 4.78 is 8.74. The zero-order valence-corrected chi connectivity index (χ0v) is 28.4. The minimum Gasteiger partial charge on any atom is -0.394 e. The van der Waals surface area contributed by atoms with Crippen LogP contribution in [0.15, 0.2) is 29.0 Å². The molecular weight excluding hydrogens is 600 g/mol. The highest BCUT2D eigenvalue weighted by Gasteiger charge is 2.61. The molecule has 7 rings (SSSR count). The van der Waals surface area contributed by atoms with E-state index in [1.807, 2.05) is 0 Å². The van der Waals surface area contributed by atoms with Crippen LogP contribution in [0.1, 0.15) is 84.8 Å². The van der Waals surface area contributed by atoms with Gasteiger partial charge in [0.05, 0.1) is 36.7 Å². The van der Waals surface area contributed by atoms with Crippen LogP contribution < -0.4 is 0 Å². The molecule has 1 spiro atoms. The average molecular weight is 657 g/mol. The van der Waals surface area contributed by atoms with Crippen molar-refractivity contribution in [3.8, 4) is 0 Å². The second kappa shape index (κ2) is 12.6. The first-order valence-electron chi connectivity index (χ1n) is 18.1. The van der Waals surface area contributed by atoms with Gasteiger partial charge >= 0.3 is 0 Å². The number of rotatable bonds is 8. The molecule has 3 heterocycles. The molecule has 14 atom stereocenters. The molecule has 1 aromatic heterocycles. The number of aliphatic hydroxyl groups excluding tert-OH is 6. The van der Waals surface area contributed by atoms with Gasteiger partial charge in [0.25, 0.3) is 0 Å². The number of nitrogens with zero attached hydrogens (tertiary/aromatic N) is 4. The number of hydrogen-bond donors (Lipinski definition) is 6. The normalized spacial score (nSPS) is 42.7. The Bertz CT molecular complexity index is 1380. The molecule has 1 aromatic rings. The lowest BCUT2D eigenvalue weighted by atomic mass is 9.56. The van der Waals surface area contributed by atoms with Crippen molar-refractivity contribution >= 4 is 0 Å². The van der Waals surface area contributed by atoms with Gasteiger partial charge in [0, 0.05) is 31.2 Å². The Morgan fingerprint density at radius 3 is 2.60 bits per heavy atom. The fourth-order valence-corrected chi connectivity index (χ4v) is 11.2. The summed E-state index contributed by atoms with van der Waals surface area (Å²) >= 11 is 0. The minimum atomic E-state index is -1.68. The molecule has 11 nitrogen and oxygen atoms in total. The van der Waals surface area contributed by atoms with Crippen molar-refractivity contribution in [1.82, 2.24) is 19.9 Å². The third kappa shape index (κ3) is 5.57. The van der Waals surface area contributed by atoms with Gasteiger partial charge in [0.2, 0.25) is 0 Å². The summed E-state index contributed by atoms with van der Waals surface area (Å²) in [4.78, 5) is 2.52. The van der Waals surface area contributed by atoms with E-state index in [0.717, 1.165) is 57.2 Å². The lowest BCUT2D eigenvalue weighted by Gasteiger charge is -2.49. The third-order valence-corrected chi connectivity index (χ3v) is 13.7. The standard InChI is InChI=1S/C36H56N4O7/c1-19-11-31-32(39(14-19)15-23-16-40(38-37-23)17-29(43)33(45)34(46)30(44)18-41)21(3)36(47-31)10-8-25-26-6-5-22-12-24(42)7-9-35(22,4)28(26)13-27(25)20(36)2/h5,16,19,21,24-26,28-34,41-46H,6-15,17-18H2,1-4H3/t19-,21+,24-,25-,26-,28-,29+,30+,31+,32-,33+,34+,35-,36-/m0/s1. The van der Waals surface area contributed by atoms with Crippen molar-refractivity contribution in [2.45, 2.75) is 140 Å². The highest BCUT2D eigenvalue weighted by molar-refractivity contribution is 5.38. The molecule has 6 N–H and O–H groups in total. The first kappa shape index (κ1) is 33.8. The number of fused-ring (bicyclic) bond motifs is 6. The predicted octanol–water partition coefficient (Wildman–Crippen LogP) is 1.94. The first-order valence-corrected chi connectivity index (χ1v) is 18.1. The minimum absolute atomic E-state index is 0.110. The van der Waals surface area contributed by atoms with Crippen LogP contribution in [0.25, 0.3) is 0 Å². The number of aliphatic hydroxyl groups is 6. The van der Waals surface area contributed by atoms with Gasteiger partial charge in [0.1, 0.15) is 24.4 Å². The smallest absolute Gasteiger partial charge is 0.111 e. The number of aromatic nitrogens is 3. The summed E-state index contributed by atoms with van der Waals surface area (Å²) in [6.07, 6.45) is 6.39. The number of hydrogen-bond acceptors (Lipinski definition) is 10. The maximum Gasteiger partial charge on any atom is 0.111 e. The summed E-state index contributed by atoms with van der Waals surface area (Å²) in [5.74, 6) is 2.77. The van der Waals surface area contributed by atoms with Crippen LogP contribution in [0.2, 0.25) is 0 Å². The molecule has 0 unspecified atom stereocenters. The maximum absolute atomic E-state index is 10.5. The summed E-state index contributed by atoms with van der Waals surface area (Å²) in [5, 5.41) is 68.4. The second-order valence-corrected chi connectivity index (χ2v) is 16.4. The van der Waals surface area contributed by atoms with Gasteiger partial charge in [-0.15, -0.1) is 5.10 Å². The Kier molecular flexibility index (Phi) is 9.03. The highest BCUT2D eigenvalue weighted by atomic mass is 16.5. The van der Waals surface area contributed by atoms with E-state index in [0.29, 0.717) is 36.1 Å². The van der Waals surface area contributed by atoms with E-state index in [2.05, 4.69) is 49.0 Å². The van der Waals surface area contributed by atoms with E-state index in [1.165, 1.54) is 22.2 Å². The summed E-state index contributed by atoms with van der Waals surface area (Å²) in [6.45, 7) is 10.2. The Labute approximate surface area is 278 Å². The van der Waals surface area contributed by atoms with Crippen molar-refractivity contribution in [2.75, 3.05) is 13.2 Å². The van der Waals surface area contributed by atoms with E-state index >= 15 is 0 Å². The maximum atomic E-state index is 10.5. The van der Waals surface area contributed by atoms with E-state index < -0.39 is 31.0 Å². The Hall–Kier alpha value is -1.70. The number of likely N-dealkylation sites (tertiary alicyclic amines) is 1. The molecular formula is C36H56N4O7. The molecule has 0 bridgehead atoms. The van der Waals surface area contributed by atoms with Crippen molar-refractivity contribution in [3.05, 3.63) is 34.7 Å². The van der Waals surface area contributed by atoms with Crippen LogP contribution in [0.5, 0.6) is 0 Å². The fourth-order valence-electron chi connectivity index (χ4n) is 11.2.